The van der Waals surface area contributed by atoms with Crippen molar-refractivity contribution in [2.45, 2.75) is 12.8 Å². The van der Waals surface area contributed by atoms with Crippen molar-refractivity contribution in [2.75, 3.05) is 37.7 Å². The van der Waals surface area contributed by atoms with Gasteiger partial charge in [0.25, 0.3) is 0 Å². The number of aromatic amines is 1. The fourth-order valence-corrected chi connectivity index (χ4v) is 1.65. The standard InChI is InChI=1S/C9H17N5O/c15-7-1-2-8-11-9(13-12-8)14-5-3-10-4-6-14/h10,15H,1-7H2,(H,11,12,13). The van der Waals surface area contributed by atoms with Crippen molar-refractivity contribution in [3.8, 4) is 0 Å². The Morgan fingerprint density at radius 1 is 1.33 bits per heavy atom. The van der Waals surface area contributed by atoms with Crippen LogP contribution in [0.15, 0.2) is 0 Å². The van der Waals surface area contributed by atoms with E-state index in [1.165, 1.54) is 0 Å². The van der Waals surface area contributed by atoms with Crippen LogP contribution < -0.4 is 10.2 Å². The van der Waals surface area contributed by atoms with Crippen molar-refractivity contribution in [3.05, 3.63) is 5.82 Å². The molecule has 0 aliphatic carbocycles. The zero-order chi connectivity index (χ0) is 10.5. The zero-order valence-electron chi connectivity index (χ0n) is 8.74. The van der Waals surface area contributed by atoms with Crippen molar-refractivity contribution in [3.63, 3.8) is 0 Å². The van der Waals surface area contributed by atoms with Gasteiger partial charge in [0.1, 0.15) is 5.82 Å². The fraction of sp³-hybridized carbons (Fsp3) is 0.778. The van der Waals surface area contributed by atoms with Crippen LogP contribution in [0.5, 0.6) is 0 Å². The minimum atomic E-state index is 0.198. The van der Waals surface area contributed by atoms with Crippen LogP contribution in [0.25, 0.3) is 0 Å². The topological polar surface area (TPSA) is 77.1 Å². The number of nitrogens with one attached hydrogen (secondary N) is 2. The molecule has 0 saturated carbocycles. The summed E-state index contributed by atoms with van der Waals surface area (Å²) in [5.74, 6) is 1.64. The molecule has 6 nitrogen and oxygen atoms in total. The summed E-state index contributed by atoms with van der Waals surface area (Å²) >= 11 is 0. The van der Waals surface area contributed by atoms with E-state index >= 15 is 0 Å². The Kier molecular flexibility index (Phi) is 3.52. The highest BCUT2D eigenvalue weighted by molar-refractivity contribution is 5.29. The monoisotopic (exact) mass is 211 g/mol. The number of hydrogen-bond donors (Lipinski definition) is 3. The molecule has 1 aromatic heterocycles. The predicted molar refractivity (Wildman–Crippen MR) is 56.9 cm³/mol. The van der Waals surface area contributed by atoms with Crippen LogP contribution in [0, 0.1) is 0 Å². The second-order valence-corrected chi connectivity index (χ2v) is 3.65. The Bertz CT molecular complexity index is 294. The van der Waals surface area contributed by atoms with Gasteiger partial charge in [0.15, 0.2) is 0 Å². The van der Waals surface area contributed by atoms with Crippen molar-refractivity contribution in [2.24, 2.45) is 0 Å². The molecule has 0 amide bonds. The maximum Gasteiger partial charge on any atom is 0.244 e. The minimum absolute atomic E-state index is 0.198. The first-order valence-electron chi connectivity index (χ1n) is 5.38. The first-order valence-corrected chi connectivity index (χ1v) is 5.38. The van der Waals surface area contributed by atoms with E-state index in [0.717, 1.165) is 50.8 Å². The number of piperazine rings is 1. The van der Waals surface area contributed by atoms with Gasteiger partial charge in [0.05, 0.1) is 0 Å². The summed E-state index contributed by atoms with van der Waals surface area (Å²) < 4.78 is 0. The Morgan fingerprint density at radius 3 is 2.87 bits per heavy atom. The molecule has 2 heterocycles. The van der Waals surface area contributed by atoms with Gasteiger partial charge in [-0.25, -0.2) is 0 Å². The molecule has 1 saturated heterocycles. The van der Waals surface area contributed by atoms with Crippen LogP contribution in [-0.4, -0.2) is 53.1 Å². The Hall–Kier alpha value is -1.14. The largest absolute Gasteiger partial charge is 0.396 e. The third kappa shape index (κ3) is 2.66. The van der Waals surface area contributed by atoms with Crippen LogP contribution in [0.1, 0.15) is 12.2 Å². The lowest BCUT2D eigenvalue weighted by molar-refractivity contribution is 0.287. The molecule has 15 heavy (non-hydrogen) atoms. The highest BCUT2D eigenvalue weighted by atomic mass is 16.2. The first-order chi connectivity index (χ1) is 7.40. The molecule has 0 unspecified atom stereocenters. The second kappa shape index (κ2) is 5.09. The number of H-pyrrole nitrogens is 1. The molecule has 3 N–H and O–H groups in total. The number of nitrogens with zero attached hydrogens (tertiary/aromatic N) is 3. The molecule has 0 radical (unpaired) electrons. The predicted octanol–water partition coefficient (Wildman–Crippen LogP) is -0.861. The number of anilines is 1. The molecule has 0 aromatic carbocycles. The lowest BCUT2D eigenvalue weighted by Crippen LogP contribution is -2.44. The van der Waals surface area contributed by atoms with E-state index in [9.17, 15) is 0 Å². The maximum absolute atomic E-state index is 8.70. The summed E-state index contributed by atoms with van der Waals surface area (Å²) in [6.07, 6.45) is 1.49. The van der Waals surface area contributed by atoms with E-state index in [1.807, 2.05) is 0 Å². The summed E-state index contributed by atoms with van der Waals surface area (Å²) in [5, 5.41) is 19.1. The molecular formula is C9H17N5O. The van der Waals surface area contributed by atoms with Gasteiger partial charge in [-0.1, -0.05) is 0 Å². The molecular weight excluding hydrogens is 194 g/mol. The average Bonchev–Trinajstić information content (AvgIpc) is 2.76. The molecule has 1 aliphatic rings. The van der Waals surface area contributed by atoms with Gasteiger partial charge < -0.3 is 15.3 Å². The third-order valence-corrected chi connectivity index (χ3v) is 2.49. The Balaban J connectivity index is 1.93. The smallest absolute Gasteiger partial charge is 0.244 e. The van der Waals surface area contributed by atoms with Crippen LogP contribution in [0.4, 0.5) is 5.95 Å². The SMILES string of the molecule is OCCCc1nc(N2CCNCC2)n[nH]1. The lowest BCUT2D eigenvalue weighted by Gasteiger charge is -2.25. The zero-order valence-corrected chi connectivity index (χ0v) is 8.74. The van der Waals surface area contributed by atoms with E-state index < -0.39 is 0 Å². The van der Waals surface area contributed by atoms with E-state index in [1.54, 1.807) is 0 Å². The van der Waals surface area contributed by atoms with Crippen molar-refractivity contribution >= 4 is 5.95 Å². The molecule has 0 bridgehead atoms. The Morgan fingerprint density at radius 2 is 2.13 bits per heavy atom. The van der Waals surface area contributed by atoms with Crippen molar-refractivity contribution < 1.29 is 5.11 Å². The van der Waals surface area contributed by atoms with Crippen LogP contribution >= 0.6 is 0 Å². The normalized spacial score (nSPS) is 17.0. The summed E-state index contributed by atoms with van der Waals surface area (Å²) in [4.78, 5) is 6.55. The van der Waals surface area contributed by atoms with Gasteiger partial charge in [-0.15, -0.1) is 5.10 Å². The second-order valence-electron chi connectivity index (χ2n) is 3.65. The molecule has 84 valence electrons. The minimum Gasteiger partial charge on any atom is -0.396 e. The van der Waals surface area contributed by atoms with Gasteiger partial charge in [-0.05, 0) is 6.42 Å². The molecule has 0 atom stereocenters. The van der Waals surface area contributed by atoms with Gasteiger partial charge >= 0.3 is 0 Å². The summed E-state index contributed by atoms with van der Waals surface area (Å²) in [6, 6.07) is 0. The molecule has 1 fully saturated rings. The number of aliphatic hydroxyl groups is 1. The summed E-state index contributed by atoms with van der Waals surface area (Å²) in [6.45, 7) is 4.08. The van der Waals surface area contributed by atoms with Crippen molar-refractivity contribution in [1.29, 1.82) is 0 Å². The number of aliphatic hydroxyl groups excluding tert-OH is 1. The number of aromatic nitrogens is 3. The maximum atomic E-state index is 8.70. The summed E-state index contributed by atoms with van der Waals surface area (Å²) in [7, 11) is 0. The van der Waals surface area contributed by atoms with Gasteiger partial charge in [0.2, 0.25) is 5.95 Å². The van der Waals surface area contributed by atoms with E-state index in [-0.39, 0.29) is 6.61 Å². The molecule has 6 heteroatoms. The quantitative estimate of drug-likeness (QED) is 0.604. The molecule has 0 spiro atoms. The molecule has 1 aromatic rings. The fourth-order valence-electron chi connectivity index (χ4n) is 1.65. The number of hydrogen-bond acceptors (Lipinski definition) is 5. The highest BCUT2D eigenvalue weighted by Crippen LogP contribution is 2.08. The first kappa shape index (κ1) is 10.4. The average molecular weight is 211 g/mol. The van der Waals surface area contributed by atoms with E-state index in [0.29, 0.717) is 0 Å². The van der Waals surface area contributed by atoms with Gasteiger partial charge in [-0.2, -0.15) is 4.98 Å². The molecule has 1 aliphatic heterocycles. The third-order valence-electron chi connectivity index (χ3n) is 2.49. The van der Waals surface area contributed by atoms with Crippen LogP contribution in [0.3, 0.4) is 0 Å². The molecule has 2 rings (SSSR count). The van der Waals surface area contributed by atoms with E-state index in [4.69, 9.17) is 5.11 Å². The Labute approximate surface area is 88.7 Å². The lowest BCUT2D eigenvalue weighted by atomic mass is 10.3. The van der Waals surface area contributed by atoms with Crippen LogP contribution in [0.2, 0.25) is 0 Å². The summed E-state index contributed by atoms with van der Waals surface area (Å²) in [5.41, 5.74) is 0. The van der Waals surface area contributed by atoms with E-state index in [2.05, 4.69) is 25.4 Å². The number of rotatable bonds is 4. The van der Waals surface area contributed by atoms with Crippen molar-refractivity contribution in [1.82, 2.24) is 20.5 Å². The van der Waals surface area contributed by atoms with Gasteiger partial charge in [-0.3, -0.25) is 5.10 Å². The van der Waals surface area contributed by atoms with Gasteiger partial charge in [0, 0.05) is 39.2 Å². The highest BCUT2D eigenvalue weighted by Gasteiger charge is 2.14. The number of aryl methyl sites for hydroxylation is 1. The van der Waals surface area contributed by atoms with Crippen LogP contribution in [-0.2, 0) is 6.42 Å².